The molecule has 2 rings (SSSR count). The fourth-order valence-corrected chi connectivity index (χ4v) is 3.56. The van der Waals surface area contributed by atoms with Crippen LogP contribution in [0.15, 0.2) is 34.9 Å². The maximum absolute atomic E-state index is 12.1. The summed E-state index contributed by atoms with van der Waals surface area (Å²) in [6.07, 6.45) is 1.71. The Morgan fingerprint density at radius 2 is 2.17 bits per heavy atom. The second-order valence-corrected chi connectivity index (χ2v) is 6.69. The van der Waals surface area contributed by atoms with Gasteiger partial charge in [-0.2, -0.15) is 5.10 Å². The first-order valence-corrected chi connectivity index (χ1v) is 7.98. The van der Waals surface area contributed by atoms with E-state index in [0.29, 0.717) is 16.5 Å². The van der Waals surface area contributed by atoms with Crippen LogP contribution in [0.1, 0.15) is 11.3 Å². The number of rotatable bonds is 4. The molecule has 0 saturated carbocycles. The number of hydrogen-bond donors (Lipinski definition) is 0. The molecule has 0 fully saturated rings. The van der Waals surface area contributed by atoms with Crippen molar-refractivity contribution in [1.29, 1.82) is 0 Å². The van der Waals surface area contributed by atoms with E-state index in [1.165, 1.54) is 0 Å². The molecule has 18 heavy (non-hydrogen) atoms. The summed E-state index contributed by atoms with van der Waals surface area (Å²) in [6, 6.07) is 7.46. The summed E-state index contributed by atoms with van der Waals surface area (Å²) in [4.78, 5) is 0. The molecule has 0 saturated heterocycles. The Balaban J connectivity index is 2.08. The van der Waals surface area contributed by atoms with Crippen LogP contribution in [0.4, 0.5) is 0 Å². The number of nitrogens with zero attached hydrogens (tertiary/aromatic N) is 2. The zero-order valence-corrected chi connectivity index (χ0v) is 12.9. The van der Waals surface area contributed by atoms with Gasteiger partial charge in [-0.05, 0) is 29.8 Å². The van der Waals surface area contributed by atoms with E-state index in [0.717, 1.165) is 15.7 Å². The highest BCUT2D eigenvalue weighted by Crippen LogP contribution is 2.22. The van der Waals surface area contributed by atoms with E-state index in [9.17, 15) is 4.21 Å². The molecule has 0 bridgehead atoms. The molecule has 0 aliphatic rings. The molecule has 6 heteroatoms. The molecule has 3 nitrogen and oxygen atoms in total. The average Bonchev–Trinajstić information content (AvgIpc) is 2.70. The predicted molar refractivity (Wildman–Crippen MR) is 77.9 cm³/mol. The molecule has 0 spiro atoms. The number of aryl methyl sites for hydroxylation is 1. The third kappa shape index (κ3) is 3.43. The molecule has 1 heterocycles. The fraction of sp³-hybridized carbons (Fsp3) is 0.250. The number of halogens is 2. The van der Waals surface area contributed by atoms with Crippen molar-refractivity contribution in [1.82, 2.24) is 9.78 Å². The van der Waals surface area contributed by atoms with Crippen LogP contribution < -0.4 is 0 Å². The Kier molecular flexibility index (Phi) is 4.59. The highest BCUT2D eigenvalue weighted by atomic mass is 79.9. The van der Waals surface area contributed by atoms with Gasteiger partial charge < -0.3 is 0 Å². The van der Waals surface area contributed by atoms with Gasteiger partial charge in [0, 0.05) is 33.5 Å². The van der Waals surface area contributed by atoms with E-state index in [1.807, 2.05) is 31.3 Å². The summed E-state index contributed by atoms with van der Waals surface area (Å²) in [5, 5.41) is 4.71. The van der Waals surface area contributed by atoms with Gasteiger partial charge in [-0.25, -0.2) is 0 Å². The largest absolute Gasteiger partial charge is 0.272 e. The van der Waals surface area contributed by atoms with Crippen LogP contribution in [0, 0.1) is 0 Å². The van der Waals surface area contributed by atoms with Crippen LogP contribution in [0.5, 0.6) is 0 Å². The molecule has 1 atom stereocenters. The van der Waals surface area contributed by atoms with Gasteiger partial charge in [0.05, 0.1) is 17.2 Å². The Hall–Kier alpha value is -0.650. The molecule has 0 N–H and O–H groups in total. The minimum absolute atomic E-state index is 0.448. The molecule has 0 unspecified atom stereocenters. The molecule has 0 aliphatic carbocycles. The predicted octanol–water partition coefficient (Wildman–Crippen LogP) is 3.28. The first-order chi connectivity index (χ1) is 8.56. The highest BCUT2D eigenvalue weighted by Gasteiger charge is 2.09. The van der Waals surface area contributed by atoms with Crippen LogP contribution in [-0.4, -0.2) is 14.0 Å². The molecular formula is C12H12BrClN2OS. The Labute approximate surface area is 122 Å². The van der Waals surface area contributed by atoms with Gasteiger partial charge >= 0.3 is 0 Å². The summed E-state index contributed by atoms with van der Waals surface area (Å²) < 4.78 is 14.8. The van der Waals surface area contributed by atoms with Gasteiger partial charge in [0.1, 0.15) is 0 Å². The fourth-order valence-electron chi connectivity index (χ4n) is 1.59. The molecule has 96 valence electrons. The Bertz CT molecular complexity index is 585. The second-order valence-electron chi connectivity index (χ2n) is 3.91. The van der Waals surface area contributed by atoms with Gasteiger partial charge in [-0.3, -0.25) is 8.89 Å². The smallest absolute Gasteiger partial charge is 0.0659 e. The Morgan fingerprint density at radius 1 is 1.39 bits per heavy atom. The summed E-state index contributed by atoms with van der Waals surface area (Å²) >= 11 is 9.47. The summed E-state index contributed by atoms with van der Waals surface area (Å²) in [7, 11) is 0.851. The maximum Gasteiger partial charge on any atom is 0.0659 e. The molecule has 0 radical (unpaired) electrons. The molecular weight excluding hydrogens is 336 g/mol. The van der Waals surface area contributed by atoms with Gasteiger partial charge in [0.25, 0.3) is 0 Å². The lowest BCUT2D eigenvalue weighted by Crippen LogP contribution is -2.05. The topological polar surface area (TPSA) is 34.9 Å². The van der Waals surface area contributed by atoms with Gasteiger partial charge in [0.15, 0.2) is 0 Å². The van der Waals surface area contributed by atoms with Crippen molar-refractivity contribution in [3.63, 3.8) is 0 Å². The first-order valence-electron chi connectivity index (χ1n) is 5.32. The first kappa shape index (κ1) is 13.8. The van der Waals surface area contributed by atoms with Crippen molar-refractivity contribution in [3.05, 3.63) is 51.2 Å². The molecule has 1 aromatic carbocycles. The van der Waals surface area contributed by atoms with Crippen molar-refractivity contribution >= 4 is 38.3 Å². The number of aromatic nitrogens is 2. The number of benzene rings is 1. The average molecular weight is 348 g/mol. The zero-order chi connectivity index (χ0) is 13.1. The quantitative estimate of drug-likeness (QED) is 0.850. The minimum Gasteiger partial charge on any atom is -0.272 e. The van der Waals surface area contributed by atoms with Crippen LogP contribution in [-0.2, 0) is 29.4 Å². The van der Waals surface area contributed by atoms with Gasteiger partial charge in [0.2, 0.25) is 0 Å². The third-order valence-electron chi connectivity index (χ3n) is 2.56. The highest BCUT2D eigenvalue weighted by molar-refractivity contribution is 9.10. The van der Waals surface area contributed by atoms with Crippen LogP contribution in [0.25, 0.3) is 0 Å². The second kappa shape index (κ2) is 5.99. The minimum atomic E-state index is -0.995. The van der Waals surface area contributed by atoms with Crippen molar-refractivity contribution in [3.8, 4) is 0 Å². The third-order valence-corrected chi connectivity index (χ3v) is 4.67. The van der Waals surface area contributed by atoms with E-state index in [2.05, 4.69) is 21.0 Å². The maximum atomic E-state index is 12.1. The lowest BCUT2D eigenvalue weighted by molar-refractivity contribution is 0.676. The van der Waals surface area contributed by atoms with Crippen molar-refractivity contribution < 1.29 is 4.21 Å². The molecule has 2 aromatic rings. The molecule has 0 amide bonds. The SMILES string of the molecule is Cn1nccc1C[S@](=O)Cc1cc(Br)ccc1Cl. The molecule has 0 aliphatic heterocycles. The number of hydrogen-bond acceptors (Lipinski definition) is 2. The summed E-state index contributed by atoms with van der Waals surface area (Å²) in [5.74, 6) is 0.933. The van der Waals surface area contributed by atoms with E-state index < -0.39 is 10.8 Å². The van der Waals surface area contributed by atoms with E-state index >= 15 is 0 Å². The van der Waals surface area contributed by atoms with Crippen molar-refractivity contribution in [2.75, 3.05) is 0 Å². The van der Waals surface area contributed by atoms with Crippen LogP contribution in [0.3, 0.4) is 0 Å². The standard InChI is InChI=1S/C12H12BrClN2OS/c1-16-11(4-5-15-16)8-18(17)7-9-6-10(13)2-3-12(9)14/h2-6H,7-8H2,1H3/t18-/m1/s1. The zero-order valence-electron chi connectivity index (χ0n) is 9.77. The van der Waals surface area contributed by atoms with Crippen molar-refractivity contribution in [2.24, 2.45) is 7.05 Å². The molecule has 1 aromatic heterocycles. The van der Waals surface area contributed by atoms with Crippen LogP contribution in [0.2, 0.25) is 5.02 Å². The lowest BCUT2D eigenvalue weighted by Gasteiger charge is -2.06. The lowest BCUT2D eigenvalue weighted by atomic mass is 10.2. The van der Waals surface area contributed by atoms with Crippen LogP contribution >= 0.6 is 27.5 Å². The Morgan fingerprint density at radius 3 is 2.83 bits per heavy atom. The normalized spacial score (nSPS) is 12.6. The van der Waals surface area contributed by atoms with Gasteiger partial charge in [-0.1, -0.05) is 27.5 Å². The van der Waals surface area contributed by atoms with E-state index in [4.69, 9.17) is 11.6 Å². The van der Waals surface area contributed by atoms with E-state index in [1.54, 1.807) is 10.9 Å². The van der Waals surface area contributed by atoms with E-state index in [-0.39, 0.29) is 0 Å². The monoisotopic (exact) mass is 346 g/mol. The summed E-state index contributed by atoms with van der Waals surface area (Å²) in [6.45, 7) is 0. The van der Waals surface area contributed by atoms with Crippen molar-refractivity contribution in [2.45, 2.75) is 11.5 Å². The van der Waals surface area contributed by atoms with Gasteiger partial charge in [-0.15, -0.1) is 0 Å². The summed E-state index contributed by atoms with van der Waals surface area (Å²) in [5.41, 5.74) is 1.85.